The van der Waals surface area contributed by atoms with Gasteiger partial charge in [-0.25, -0.2) is 8.78 Å². The van der Waals surface area contributed by atoms with Crippen LogP contribution in [-0.4, -0.2) is 5.78 Å². The van der Waals surface area contributed by atoms with Crippen LogP contribution in [0, 0.1) is 32.4 Å². The lowest BCUT2D eigenvalue weighted by Gasteiger charge is -2.10. The normalized spacial score (nSPS) is 10.7. The van der Waals surface area contributed by atoms with Gasteiger partial charge in [0.15, 0.2) is 5.78 Å². The maximum Gasteiger partial charge on any atom is 0.199 e. The Morgan fingerprint density at radius 2 is 1.65 bits per heavy atom. The van der Waals surface area contributed by atoms with Crippen LogP contribution in [0.2, 0.25) is 5.02 Å². The van der Waals surface area contributed by atoms with Crippen LogP contribution < -0.4 is 0 Å². The molecule has 0 saturated heterocycles. The highest BCUT2D eigenvalue weighted by Gasteiger charge is 2.22. The highest BCUT2D eigenvalue weighted by Crippen LogP contribution is 2.25. The second-order valence-electron chi connectivity index (χ2n) is 4.80. The van der Waals surface area contributed by atoms with Crippen LogP contribution in [-0.2, 0) is 0 Å². The van der Waals surface area contributed by atoms with Gasteiger partial charge in [0.1, 0.15) is 11.6 Å². The summed E-state index contributed by atoms with van der Waals surface area (Å²) in [5.74, 6) is -2.34. The van der Waals surface area contributed by atoms with Crippen LogP contribution in [0.5, 0.6) is 0 Å². The van der Waals surface area contributed by atoms with Crippen molar-refractivity contribution >= 4 is 17.4 Å². The molecule has 0 fully saturated rings. The third kappa shape index (κ3) is 2.46. The number of rotatable bonds is 2. The predicted molar refractivity (Wildman–Crippen MR) is 75.5 cm³/mol. The van der Waals surface area contributed by atoms with Crippen LogP contribution in [0.3, 0.4) is 0 Å². The summed E-state index contributed by atoms with van der Waals surface area (Å²) in [6, 6.07) is 5.59. The minimum absolute atomic E-state index is 0.234. The molecule has 0 aliphatic carbocycles. The van der Waals surface area contributed by atoms with Gasteiger partial charge < -0.3 is 0 Å². The van der Waals surface area contributed by atoms with E-state index in [9.17, 15) is 13.6 Å². The van der Waals surface area contributed by atoms with Crippen molar-refractivity contribution in [3.05, 3.63) is 68.7 Å². The lowest BCUT2D eigenvalue weighted by atomic mass is 9.95. The molecule has 2 aromatic carbocycles. The van der Waals surface area contributed by atoms with Crippen LogP contribution in [0.15, 0.2) is 24.3 Å². The lowest BCUT2D eigenvalue weighted by molar-refractivity contribution is 0.103. The van der Waals surface area contributed by atoms with Crippen molar-refractivity contribution in [2.45, 2.75) is 20.8 Å². The maximum atomic E-state index is 14.0. The highest BCUT2D eigenvalue weighted by molar-refractivity contribution is 6.31. The molecule has 1 nitrogen and oxygen atoms in total. The van der Waals surface area contributed by atoms with E-state index in [1.165, 1.54) is 13.0 Å². The molecule has 0 atom stereocenters. The van der Waals surface area contributed by atoms with Gasteiger partial charge in [0.25, 0.3) is 0 Å². The summed E-state index contributed by atoms with van der Waals surface area (Å²) in [6.07, 6.45) is 0. The second-order valence-corrected chi connectivity index (χ2v) is 5.21. The molecular formula is C16H13ClF2O. The first kappa shape index (κ1) is 14.7. The first-order valence-corrected chi connectivity index (χ1v) is 6.46. The van der Waals surface area contributed by atoms with Gasteiger partial charge in [-0.05, 0) is 55.7 Å². The number of ketones is 1. The molecule has 0 aromatic heterocycles. The summed E-state index contributed by atoms with van der Waals surface area (Å²) in [7, 11) is 0. The fourth-order valence-corrected chi connectivity index (χ4v) is 2.24. The van der Waals surface area contributed by atoms with Gasteiger partial charge in [-0.1, -0.05) is 17.7 Å². The van der Waals surface area contributed by atoms with E-state index in [4.69, 9.17) is 11.6 Å². The third-order valence-corrected chi connectivity index (χ3v) is 3.67. The van der Waals surface area contributed by atoms with Crippen molar-refractivity contribution in [3.8, 4) is 0 Å². The Morgan fingerprint density at radius 3 is 2.30 bits per heavy atom. The number of hydrogen-bond donors (Lipinski definition) is 0. The number of carbonyl (C=O) groups is 1. The molecule has 0 N–H and O–H groups in total. The van der Waals surface area contributed by atoms with E-state index in [0.717, 1.165) is 6.07 Å². The molecule has 0 saturated carbocycles. The van der Waals surface area contributed by atoms with Crippen molar-refractivity contribution in [1.29, 1.82) is 0 Å². The highest BCUT2D eigenvalue weighted by atomic mass is 35.5. The van der Waals surface area contributed by atoms with Gasteiger partial charge in [0, 0.05) is 10.6 Å². The molecule has 20 heavy (non-hydrogen) atoms. The van der Waals surface area contributed by atoms with Crippen LogP contribution >= 0.6 is 11.6 Å². The van der Waals surface area contributed by atoms with Crippen LogP contribution in [0.4, 0.5) is 8.78 Å². The number of carbonyl (C=O) groups excluding carboxylic acids is 1. The van der Waals surface area contributed by atoms with E-state index in [0.29, 0.717) is 16.1 Å². The van der Waals surface area contributed by atoms with Crippen molar-refractivity contribution < 1.29 is 13.6 Å². The van der Waals surface area contributed by atoms with E-state index in [1.807, 2.05) is 0 Å². The molecular weight excluding hydrogens is 282 g/mol. The summed E-state index contributed by atoms with van der Waals surface area (Å²) in [5, 5.41) is 0.518. The monoisotopic (exact) mass is 294 g/mol. The van der Waals surface area contributed by atoms with E-state index in [2.05, 4.69) is 0 Å². The smallest absolute Gasteiger partial charge is 0.199 e. The molecule has 0 bridgehead atoms. The van der Waals surface area contributed by atoms with Crippen molar-refractivity contribution in [3.63, 3.8) is 0 Å². The number of aryl methyl sites for hydroxylation is 3. The van der Waals surface area contributed by atoms with Gasteiger partial charge >= 0.3 is 0 Å². The molecule has 2 aromatic rings. The third-order valence-electron chi connectivity index (χ3n) is 3.26. The first-order valence-electron chi connectivity index (χ1n) is 6.09. The molecule has 0 amide bonds. The van der Waals surface area contributed by atoms with Gasteiger partial charge in [-0.15, -0.1) is 0 Å². The van der Waals surface area contributed by atoms with E-state index in [-0.39, 0.29) is 11.1 Å². The molecule has 104 valence electrons. The second kappa shape index (κ2) is 5.33. The summed E-state index contributed by atoms with van der Waals surface area (Å²) in [6.45, 7) is 4.91. The Balaban J connectivity index is 2.64. The standard InChI is InChI=1S/C16H13ClF2O/c1-8-4-5-13(18)14(15(8)19)16(20)11-6-10(3)12(17)7-9(11)2/h4-7H,1-3H3. The molecule has 0 unspecified atom stereocenters. The summed E-state index contributed by atoms with van der Waals surface area (Å²) in [5.41, 5.74) is 1.25. The Labute approximate surface area is 121 Å². The average Bonchev–Trinajstić information content (AvgIpc) is 2.38. The van der Waals surface area contributed by atoms with Crippen molar-refractivity contribution in [2.75, 3.05) is 0 Å². The zero-order valence-corrected chi connectivity index (χ0v) is 12.1. The Hall–Kier alpha value is -1.74. The average molecular weight is 295 g/mol. The molecule has 0 aliphatic rings. The zero-order chi connectivity index (χ0) is 15.0. The molecule has 4 heteroatoms. The Kier molecular flexibility index (Phi) is 3.91. The predicted octanol–water partition coefficient (Wildman–Crippen LogP) is 4.77. The molecule has 0 spiro atoms. The Morgan fingerprint density at radius 1 is 1.00 bits per heavy atom. The number of halogens is 3. The van der Waals surface area contributed by atoms with Crippen LogP contribution in [0.25, 0.3) is 0 Å². The minimum Gasteiger partial charge on any atom is -0.288 e. The van der Waals surface area contributed by atoms with Crippen molar-refractivity contribution in [1.82, 2.24) is 0 Å². The zero-order valence-electron chi connectivity index (χ0n) is 11.4. The van der Waals surface area contributed by atoms with E-state index >= 15 is 0 Å². The van der Waals surface area contributed by atoms with E-state index in [1.54, 1.807) is 26.0 Å². The fraction of sp³-hybridized carbons (Fsp3) is 0.188. The fourth-order valence-electron chi connectivity index (χ4n) is 2.03. The SMILES string of the molecule is Cc1cc(C(=O)c2c(F)ccc(C)c2F)c(C)cc1Cl. The lowest BCUT2D eigenvalue weighted by Crippen LogP contribution is -2.10. The summed E-state index contributed by atoms with van der Waals surface area (Å²) in [4.78, 5) is 12.4. The van der Waals surface area contributed by atoms with Gasteiger partial charge in [-0.2, -0.15) is 0 Å². The van der Waals surface area contributed by atoms with Gasteiger partial charge in [0.05, 0.1) is 5.56 Å². The first-order chi connectivity index (χ1) is 9.32. The van der Waals surface area contributed by atoms with Gasteiger partial charge in [-0.3, -0.25) is 4.79 Å². The van der Waals surface area contributed by atoms with E-state index < -0.39 is 23.0 Å². The molecule has 0 aliphatic heterocycles. The quantitative estimate of drug-likeness (QED) is 0.729. The van der Waals surface area contributed by atoms with Gasteiger partial charge in [0.2, 0.25) is 0 Å². The summed E-state index contributed by atoms with van der Waals surface area (Å²) >= 11 is 5.96. The topological polar surface area (TPSA) is 17.1 Å². The summed E-state index contributed by atoms with van der Waals surface area (Å²) < 4.78 is 27.8. The molecule has 0 radical (unpaired) electrons. The molecule has 0 heterocycles. The largest absolute Gasteiger partial charge is 0.288 e. The van der Waals surface area contributed by atoms with Crippen LogP contribution in [0.1, 0.15) is 32.6 Å². The Bertz CT molecular complexity index is 708. The minimum atomic E-state index is -0.856. The number of benzene rings is 2. The van der Waals surface area contributed by atoms with Crippen molar-refractivity contribution in [2.24, 2.45) is 0 Å². The maximum absolute atomic E-state index is 14.0. The number of hydrogen-bond acceptors (Lipinski definition) is 1. The molecule has 2 rings (SSSR count).